The number of benzene rings is 3. The van der Waals surface area contributed by atoms with Crippen molar-refractivity contribution in [1.82, 2.24) is 0 Å². The summed E-state index contributed by atoms with van der Waals surface area (Å²) in [5.41, 5.74) is 1.06. The summed E-state index contributed by atoms with van der Waals surface area (Å²) in [6.45, 7) is 0. The minimum absolute atomic E-state index is 0.491. The minimum Gasteiger partial charge on any atom is -0.480 e. The molecule has 3 aromatic carbocycles. The van der Waals surface area contributed by atoms with Crippen molar-refractivity contribution in [2.75, 3.05) is 0 Å². The molecule has 0 amide bonds. The maximum absolute atomic E-state index is 11.8. The number of hydrogen-bond donors (Lipinski definition) is 1. The standard InChI is InChI=1S/C21H18O2S2/c22-21(23)20(25-18-12-5-2-6-13-18)15-16-9-7-8-14-19(16)24-17-10-3-1-4-11-17/h1-14,20H,15H2,(H,22,23). The Bertz CT molecular complexity index is 820. The van der Waals surface area contributed by atoms with Crippen molar-refractivity contribution >= 4 is 29.5 Å². The molecule has 126 valence electrons. The van der Waals surface area contributed by atoms with E-state index in [2.05, 4.69) is 18.2 Å². The monoisotopic (exact) mass is 366 g/mol. The summed E-state index contributed by atoms with van der Waals surface area (Å²) in [5.74, 6) is -0.784. The third kappa shape index (κ3) is 5.15. The van der Waals surface area contributed by atoms with E-state index in [1.807, 2.05) is 66.7 Å². The van der Waals surface area contributed by atoms with Crippen LogP contribution in [0.25, 0.3) is 0 Å². The molecule has 0 aromatic heterocycles. The van der Waals surface area contributed by atoms with Gasteiger partial charge in [-0.25, -0.2) is 0 Å². The van der Waals surface area contributed by atoms with Gasteiger partial charge in [0.25, 0.3) is 0 Å². The van der Waals surface area contributed by atoms with Crippen LogP contribution in [-0.4, -0.2) is 16.3 Å². The molecule has 0 fully saturated rings. The number of thioether (sulfide) groups is 1. The molecule has 0 saturated heterocycles. The Kier molecular flexibility index (Phi) is 6.20. The highest BCUT2D eigenvalue weighted by molar-refractivity contribution is 8.00. The predicted molar refractivity (Wildman–Crippen MR) is 104 cm³/mol. The van der Waals surface area contributed by atoms with Gasteiger partial charge in [-0.2, -0.15) is 0 Å². The van der Waals surface area contributed by atoms with Crippen LogP contribution in [0.2, 0.25) is 0 Å². The lowest BCUT2D eigenvalue weighted by atomic mass is 10.1. The molecule has 0 aliphatic heterocycles. The molecular weight excluding hydrogens is 348 g/mol. The van der Waals surface area contributed by atoms with E-state index >= 15 is 0 Å². The highest BCUT2D eigenvalue weighted by Gasteiger charge is 2.21. The third-order valence-corrected chi connectivity index (χ3v) is 5.97. The summed E-state index contributed by atoms with van der Waals surface area (Å²) in [5, 5.41) is 9.13. The zero-order chi connectivity index (χ0) is 17.5. The Hall–Kier alpha value is -2.17. The van der Waals surface area contributed by atoms with E-state index in [0.717, 1.165) is 20.2 Å². The second-order valence-electron chi connectivity index (χ2n) is 5.48. The van der Waals surface area contributed by atoms with E-state index in [9.17, 15) is 9.90 Å². The zero-order valence-corrected chi connectivity index (χ0v) is 15.2. The van der Waals surface area contributed by atoms with Crippen LogP contribution in [0.3, 0.4) is 0 Å². The summed E-state index contributed by atoms with van der Waals surface area (Å²) >= 11 is 3.07. The van der Waals surface area contributed by atoms with Crippen LogP contribution < -0.4 is 0 Å². The average Bonchev–Trinajstić information content (AvgIpc) is 2.64. The van der Waals surface area contributed by atoms with Crippen LogP contribution in [0.4, 0.5) is 0 Å². The van der Waals surface area contributed by atoms with Gasteiger partial charge in [-0.15, -0.1) is 11.8 Å². The molecule has 3 rings (SSSR count). The van der Waals surface area contributed by atoms with Gasteiger partial charge in [0.2, 0.25) is 0 Å². The molecular formula is C21H18O2S2. The van der Waals surface area contributed by atoms with Gasteiger partial charge in [-0.3, -0.25) is 4.79 Å². The van der Waals surface area contributed by atoms with Gasteiger partial charge >= 0.3 is 5.97 Å². The molecule has 0 heterocycles. The Balaban J connectivity index is 1.79. The molecule has 1 N–H and O–H groups in total. The van der Waals surface area contributed by atoms with Gasteiger partial charge in [-0.1, -0.05) is 66.4 Å². The largest absolute Gasteiger partial charge is 0.480 e. The van der Waals surface area contributed by atoms with Gasteiger partial charge < -0.3 is 5.11 Å². The smallest absolute Gasteiger partial charge is 0.317 e. The molecule has 0 bridgehead atoms. The van der Waals surface area contributed by atoms with Crippen molar-refractivity contribution in [3.63, 3.8) is 0 Å². The van der Waals surface area contributed by atoms with Crippen LogP contribution in [-0.2, 0) is 11.2 Å². The van der Waals surface area contributed by atoms with Crippen LogP contribution >= 0.6 is 23.5 Å². The molecule has 0 aliphatic carbocycles. The SMILES string of the molecule is O=C(O)C(Cc1ccccc1Sc1ccccc1)Sc1ccccc1. The molecule has 1 unspecified atom stereocenters. The molecule has 4 heteroatoms. The Morgan fingerprint density at radius 2 is 1.36 bits per heavy atom. The van der Waals surface area contributed by atoms with E-state index in [4.69, 9.17) is 0 Å². The fourth-order valence-corrected chi connectivity index (χ4v) is 4.41. The second kappa shape index (κ2) is 8.79. The van der Waals surface area contributed by atoms with Crippen molar-refractivity contribution in [2.45, 2.75) is 26.4 Å². The number of carboxylic acids is 1. The first-order chi connectivity index (χ1) is 12.2. The van der Waals surface area contributed by atoms with Crippen LogP contribution in [0, 0.1) is 0 Å². The molecule has 0 spiro atoms. The lowest BCUT2D eigenvalue weighted by Gasteiger charge is -2.15. The Morgan fingerprint density at radius 1 is 0.800 bits per heavy atom. The van der Waals surface area contributed by atoms with Crippen LogP contribution in [0.1, 0.15) is 5.56 Å². The number of carbonyl (C=O) groups is 1. The maximum Gasteiger partial charge on any atom is 0.317 e. The summed E-state index contributed by atoms with van der Waals surface area (Å²) in [7, 11) is 0. The summed E-state index contributed by atoms with van der Waals surface area (Å²) in [6.07, 6.45) is 0.491. The average molecular weight is 367 g/mol. The van der Waals surface area contributed by atoms with Crippen LogP contribution in [0.5, 0.6) is 0 Å². The summed E-state index contributed by atoms with van der Waals surface area (Å²) < 4.78 is 0. The van der Waals surface area contributed by atoms with Crippen molar-refractivity contribution in [1.29, 1.82) is 0 Å². The number of rotatable bonds is 7. The normalized spacial score (nSPS) is 11.8. The molecule has 2 nitrogen and oxygen atoms in total. The highest BCUT2D eigenvalue weighted by Crippen LogP contribution is 2.33. The second-order valence-corrected chi connectivity index (χ2v) is 7.88. The minimum atomic E-state index is -0.784. The van der Waals surface area contributed by atoms with Crippen LogP contribution in [0.15, 0.2) is 99.6 Å². The quantitative estimate of drug-likeness (QED) is 0.550. The lowest BCUT2D eigenvalue weighted by Crippen LogP contribution is -2.19. The molecule has 0 aliphatic rings. The van der Waals surface area contributed by atoms with Gasteiger partial charge in [-0.05, 0) is 42.3 Å². The fourth-order valence-electron chi connectivity index (χ4n) is 2.43. The third-order valence-electron chi connectivity index (χ3n) is 3.65. The maximum atomic E-state index is 11.8. The van der Waals surface area contributed by atoms with E-state index in [0.29, 0.717) is 6.42 Å². The first kappa shape index (κ1) is 17.6. The first-order valence-electron chi connectivity index (χ1n) is 7.97. The van der Waals surface area contributed by atoms with Gasteiger partial charge in [0.05, 0.1) is 0 Å². The topological polar surface area (TPSA) is 37.3 Å². The van der Waals surface area contributed by atoms with E-state index in [1.165, 1.54) is 11.8 Å². The fraction of sp³-hybridized carbons (Fsp3) is 0.0952. The number of aliphatic carboxylic acids is 1. The van der Waals surface area contributed by atoms with E-state index in [-0.39, 0.29) is 0 Å². The Morgan fingerprint density at radius 3 is 2.00 bits per heavy atom. The Labute approximate surface area is 156 Å². The highest BCUT2D eigenvalue weighted by atomic mass is 32.2. The predicted octanol–water partition coefficient (Wildman–Crippen LogP) is 5.63. The van der Waals surface area contributed by atoms with E-state index in [1.54, 1.807) is 11.8 Å². The summed E-state index contributed by atoms with van der Waals surface area (Å²) in [6, 6.07) is 27.9. The first-order valence-corrected chi connectivity index (χ1v) is 9.67. The van der Waals surface area contributed by atoms with Gasteiger partial charge in [0, 0.05) is 14.7 Å². The van der Waals surface area contributed by atoms with Gasteiger partial charge in [0.15, 0.2) is 0 Å². The van der Waals surface area contributed by atoms with Gasteiger partial charge in [0.1, 0.15) is 5.25 Å². The molecule has 3 aromatic rings. The van der Waals surface area contributed by atoms with E-state index < -0.39 is 11.2 Å². The lowest BCUT2D eigenvalue weighted by molar-refractivity contribution is -0.136. The molecule has 0 radical (unpaired) electrons. The molecule has 1 atom stereocenters. The molecule has 25 heavy (non-hydrogen) atoms. The molecule has 0 saturated carbocycles. The van der Waals surface area contributed by atoms with Crippen molar-refractivity contribution in [3.8, 4) is 0 Å². The van der Waals surface area contributed by atoms with Crippen molar-refractivity contribution < 1.29 is 9.90 Å². The zero-order valence-electron chi connectivity index (χ0n) is 13.5. The summed E-state index contributed by atoms with van der Waals surface area (Å²) in [4.78, 5) is 15.0. The number of carboxylic acid groups (broad SMARTS) is 1. The van der Waals surface area contributed by atoms with Crippen molar-refractivity contribution in [3.05, 3.63) is 90.5 Å². The van der Waals surface area contributed by atoms with Crippen molar-refractivity contribution in [2.24, 2.45) is 0 Å². The number of hydrogen-bond acceptors (Lipinski definition) is 3.